The summed E-state index contributed by atoms with van der Waals surface area (Å²) in [7, 11) is 1.46. The van der Waals surface area contributed by atoms with Crippen molar-refractivity contribution < 1.29 is 14.5 Å². The third-order valence-electron chi connectivity index (χ3n) is 2.69. The van der Waals surface area contributed by atoms with Crippen molar-refractivity contribution in [3.05, 3.63) is 44.6 Å². The van der Waals surface area contributed by atoms with Crippen LogP contribution < -0.4 is 10.1 Å². The zero-order valence-corrected chi connectivity index (χ0v) is 11.9. The number of benzene rings is 1. The zero-order valence-electron chi connectivity index (χ0n) is 11.1. The Labute approximate surface area is 124 Å². The minimum atomic E-state index is -0.751. The lowest BCUT2D eigenvalue weighted by Crippen LogP contribution is -2.13. The molecule has 21 heavy (non-hydrogen) atoms. The number of aromatic nitrogens is 2. The number of anilines is 1. The number of nitro groups is 1. The lowest BCUT2D eigenvalue weighted by atomic mass is 10.2. The predicted octanol–water partition coefficient (Wildman–Crippen LogP) is 2.54. The van der Waals surface area contributed by atoms with E-state index in [4.69, 9.17) is 16.3 Å². The summed E-state index contributed by atoms with van der Waals surface area (Å²) < 4.78 is 5.13. The maximum absolute atomic E-state index is 12.1. The number of aromatic amines is 1. The fraction of sp³-hybridized carbons (Fsp3) is 0.167. The number of amides is 1. The molecule has 1 amide bonds. The Hall–Kier alpha value is -2.61. The predicted molar refractivity (Wildman–Crippen MR) is 75.9 cm³/mol. The Balaban J connectivity index is 2.30. The third kappa shape index (κ3) is 2.95. The minimum Gasteiger partial charge on any atom is -0.495 e. The Bertz CT molecular complexity index is 713. The van der Waals surface area contributed by atoms with Gasteiger partial charge in [-0.2, -0.15) is 0 Å². The minimum absolute atomic E-state index is 0.257. The number of carbonyl (C=O) groups is 1. The van der Waals surface area contributed by atoms with E-state index >= 15 is 0 Å². The van der Waals surface area contributed by atoms with Crippen LogP contribution in [0, 0.1) is 17.0 Å². The Morgan fingerprint density at radius 1 is 1.52 bits per heavy atom. The van der Waals surface area contributed by atoms with E-state index in [1.807, 2.05) is 13.0 Å². The summed E-state index contributed by atoms with van der Waals surface area (Å²) in [5.74, 6) is -0.749. The Kier molecular flexibility index (Phi) is 4.08. The Morgan fingerprint density at radius 2 is 2.24 bits per heavy atom. The fourth-order valence-electron chi connectivity index (χ4n) is 1.69. The molecular weight excluding hydrogens is 300 g/mol. The van der Waals surface area contributed by atoms with Gasteiger partial charge in [0.2, 0.25) is 0 Å². The molecule has 110 valence electrons. The van der Waals surface area contributed by atoms with E-state index in [0.717, 1.165) is 5.56 Å². The summed E-state index contributed by atoms with van der Waals surface area (Å²) in [4.78, 5) is 22.0. The van der Waals surface area contributed by atoms with Crippen molar-refractivity contribution in [3.8, 4) is 5.75 Å². The number of hydrogen-bond donors (Lipinski definition) is 2. The maximum Gasteiger partial charge on any atom is 0.362 e. The summed E-state index contributed by atoms with van der Waals surface area (Å²) in [6, 6.07) is 5.21. The molecule has 0 saturated heterocycles. The molecule has 2 rings (SSSR count). The van der Waals surface area contributed by atoms with E-state index in [1.165, 1.54) is 7.11 Å². The second-order valence-corrected chi connectivity index (χ2v) is 4.53. The van der Waals surface area contributed by atoms with E-state index < -0.39 is 16.6 Å². The van der Waals surface area contributed by atoms with E-state index in [9.17, 15) is 14.9 Å². The number of aryl methyl sites for hydroxylation is 1. The highest BCUT2D eigenvalue weighted by molar-refractivity contribution is 6.35. The average Bonchev–Trinajstić information content (AvgIpc) is 2.81. The summed E-state index contributed by atoms with van der Waals surface area (Å²) in [6.45, 7) is 1.85. The van der Waals surface area contributed by atoms with Crippen LogP contribution in [0.15, 0.2) is 18.2 Å². The van der Waals surface area contributed by atoms with Crippen molar-refractivity contribution in [1.29, 1.82) is 0 Å². The van der Waals surface area contributed by atoms with E-state index in [1.54, 1.807) is 12.1 Å². The SMILES string of the molecule is COc1ccc(C)cc1NC(=O)c1n[nH]c([N+](=O)[O-])c1Cl. The van der Waals surface area contributed by atoms with Crippen molar-refractivity contribution >= 4 is 29.0 Å². The number of ether oxygens (including phenoxy) is 1. The third-order valence-corrected chi connectivity index (χ3v) is 3.05. The number of nitrogens with one attached hydrogen (secondary N) is 2. The van der Waals surface area contributed by atoms with Gasteiger partial charge in [0.15, 0.2) is 10.7 Å². The molecule has 0 saturated carbocycles. The van der Waals surface area contributed by atoms with Crippen LogP contribution in [0.4, 0.5) is 11.5 Å². The van der Waals surface area contributed by atoms with E-state index in [2.05, 4.69) is 15.5 Å². The number of carbonyl (C=O) groups excluding carboxylic acids is 1. The van der Waals surface area contributed by atoms with Crippen LogP contribution in [0.2, 0.25) is 5.02 Å². The molecule has 0 aliphatic heterocycles. The number of methoxy groups -OCH3 is 1. The molecule has 1 aromatic heterocycles. The van der Waals surface area contributed by atoms with Crippen LogP contribution in [-0.4, -0.2) is 28.1 Å². The van der Waals surface area contributed by atoms with E-state index in [-0.39, 0.29) is 10.7 Å². The van der Waals surface area contributed by atoms with Crippen LogP contribution in [0.25, 0.3) is 0 Å². The monoisotopic (exact) mass is 310 g/mol. The molecule has 0 radical (unpaired) electrons. The summed E-state index contributed by atoms with van der Waals surface area (Å²) in [6.07, 6.45) is 0. The molecular formula is C12H11ClN4O4. The fourth-order valence-corrected chi connectivity index (χ4v) is 1.93. The van der Waals surface area contributed by atoms with Crippen LogP contribution in [0.3, 0.4) is 0 Å². The van der Waals surface area contributed by atoms with Crippen molar-refractivity contribution in [3.63, 3.8) is 0 Å². The molecule has 0 aliphatic rings. The number of nitrogens with zero attached hydrogens (tertiary/aromatic N) is 2. The van der Waals surface area contributed by atoms with Gasteiger partial charge in [0, 0.05) is 0 Å². The topological polar surface area (TPSA) is 110 Å². The first kappa shape index (κ1) is 14.8. The number of halogens is 1. The molecule has 1 aromatic carbocycles. The highest BCUT2D eigenvalue weighted by Crippen LogP contribution is 2.28. The van der Waals surface area contributed by atoms with Gasteiger partial charge in [-0.05, 0) is 29.5 Å². The Morgan fingerprint density at radius 3 is 2.81 bits per heavy atom. The molecule has 0 spiro atoms. The highest BCUT2D eigenvalue weighted by Gasteiger charge is 2.25. The van der Waals surface area contributed by atoms with Crippen molar-refractivity contribution in [2.45, 2.75) is 6.92 Å². The van der Waals surface area contributed by atoms with Gasteiger partial charge in [-0.25, -0.2) is 0 Å². The standard InChI is InChI=1S/C12H11ClN4O4/c1-6-3-4-8(21-2)7(5-6)14-12(18)10-9(13)11(16-15-10)17(19)20/h3-5H,1-2H3,(H,14,18)(H,15,16). The largest absolute Gasteiger partial charge is 0.495 e. The summed E-state index contributed by atoms with van der Waals surface area (Å²) in [5.41, 5.74) is 1.07. The molecule has 2 N–H and O–H groups in total. The zero-order chi connectivity index (χ0) is 15.6. The van der Waals surface area contributed by atoms with Gasteiger partial charge in [-0.1, -0.05) is 22.8 Å². The molecule has 0 aliphatic carbocycles. The van der Waals surface area contributed by atoms with Crippen molar-refractivity contribution in [1.82, 2.24) is 10.2 Å². The number of hydrogen-bond acceptors (Lipinski definition) is 5. The maximum atomic E-state index is 12.1. The van der Waals surface area contributed by atoms with Gasteiger partial charge in [0.05, 0.1) is 12.8 Å². The molecule has 0 atom stereocenters. The van der Waals surface area contributed by atoms with Crippen LogP contribution in [0.5, 0.6) is 5.75 Å². The van der Waals surface area contributed by atoms with Gasteiger partial charge < -0.3 is 20.2 Å². The highest BCUT2D eigenvalue weighted by atomic mass is 35.5. The van der Waals surface area contributed by atoms with Gasteiger partial charge in [-0.3, -0.25) is 4.79 Å². The molecule has 0 unspecified atom stereocenters. The first-order valence-electron chi connectivity index (χ1n) is 5.78. The van der Waals surface area contributed by atoms with Crippen LogP contribution >= 0.6 is 11.6 Å². The van der Waals surface area contributed by atoms with Gasteiger partial charge in [-0.15, -0.1) is 5.10 Å². The van der Waals surface area contributed by atoms with Crippen LogP contribution in [-0.2, 0) is 0 Å². The number of rotatable bonds is 4. The molecule has 9 heteroatoms. The quantitative estimate of drug-likeness (QED) is 0.666. The second-order valence-electron chi connectivity index (χ2n) is 4.15. The summed E-state index contributed by atoms with van der Waals surface area (Å²) >= 11 is 5.76. The average molecular weight is 311 g/mol. The molecule has 0 fully saturated rings. The molecule has 0 bridgehead atoms. The molecule has 8 nitrogen and oxygen atoms in total. The lowest BCUT2D eigenvalue weighted by Gasteiger charge is -2.09. The molecule has 1 heterocycles. The van der Waals surface area contributed by atoms with Gasteiger partial charge in [0.25, 0.3) is 5.91 Å². The lowest BCUT2D eigenvalue weighted by molar-refractivity contribution is -0.389. The van der Waals surface area contributed by atoms with Crippen molar-refractivity contribution in [2.24, 2.45) is 0 Å². The molecule has 2 aromatic rings. The van der Waals surface area contributed by atoms with Crippen molar-refractivity contribution in [2.75, 3.05) is 12.4 Å². The summed E-state index contributed by atoms with van der Waals surface area (Å²) in [5, 5.41) is 18.5. The van der Waals surface area contributed by atoms with Crippen LogP contribution in [0.1, 0.15) is 16.1 Å². The van der Waals surface area contributed by atoms with Gasteiger partial charge in [0.1, 0.15) is 5.75 Å². The normalized spacial score (nSPS) is 10.2. The van der Waals surface area contributed by atoms with Gasteiger partial charge >= 0.3 is 5.82 Å². The number of H-pyrrole nitrogens is 1. The smallest absolute Gasteiger partial charge is 0.362 e. The second kappa shape index (κ2) is 5.80. The van der Waals surface area contributed by atoms with E-state index in [0.29, 0.717) is 11.4 Å². The first-order chi connectivity index (χ1) is 9.93. The first-order valence-corrected chi connectivity index (χ1v) is 6.16.